The smallest absolute Gasteiger partial charge is 0.340 e. The normalized spacial score (nSPS) is 10.0. The van der Waals surface area contributed by atoms with Gasteiger partial charge in [0, 0.05) is 6.07 Å². The molecule has 2 N–H and O–H groups in total. The Kier molecular flexibility index (Phi) is 4.61. The Bertz CT molecular complexity index is 626. The van der Waals surface area contributed by atoms with Crippen LogP contribution in [-0.2, 0) is 4.74 Å². The van der Waals surface area contributed by atoms with Gasteiger partial charge in [0.2, 0.25) is 5.88 Å². The van der Waals surface area contributed by atoms with E-state index in [0.717, 1.165) is 5.75 Å². The number of nitrogens with two attached hydrogens (primary N) is 1. The molecule has 0 spiro atoms. The topological polar surface area (TPSA) is 83.7 Å². The first-order valence-electron chi connectivity index (χ1n) is 6.38. The van der Waals surface area contributed by atoms with Crippen LogP contribution >= 0.6 is 0 Å². The Morgan fingerprint density at radius 2 is 1.90 bits per heavy atom. The van der Waals surface area contributed by atoms with Gasteiger partial charge in [-0.3, -0.25) is 0 Å². The maximum atomic E-state index is 11.6. The van der Waals surface area contributed by atoms with Crippen molar-refractivity contribution in [3.63, 3.8) is 0 Å². The summed E-state index contributed by atoms with van der Waals surface area (Å²) in [5.74, 6) is 1.05. The minimum Gasteiger partial charge on any atom is -0.494 e. The van der Waals surface area contributed by atoms with E-state index in [1.165, 1.54) is 19.4 Å². The van der Waals surface area contributed by atoms with Gasteiger partial charge < -0.3 is 19.9 Å². The van der Waals surface area contributed by atoms with Crippen molar-refractivity contribution in [1.29, 1.82) is 0 Å². The van der Waals surface area contributed by atoms with E-state index in [9.17, 15) is 4.79 Å². The largest absolute Gasteiger partial charge is 0.494 e. The molecule has 1 aromatic heterocycles. The van der Waals surface area contributed by atoms with Gasteiger partial charge in [0.25, 0.3) is 0 Å². The summed E-state index contributed by atoms with van der Waals surface area (Å²) in [7, 11) is 1.29. The first-order chi connectivity index (χ1) is 10.1. The van der Waals surface area contributed by atoms with Gasteiger partial charge in [-0.05, 0) is 31.2 Å². The highest BCUT2D eigenvalue weighted by Gasteiger charge is 2.12. The molecule has 0 saturated carbocycles. The van der Waals surface area contributed by atoms with E-state index < -0.39 is 5.97 Å². The number of anilines is 1. The van der Waals surface area contributed by atoms with Gasteiger partial charge in [-0.15, -0.1) is 0 Å². The molecule has 0 fully saturated rings. The standard InChI is InChI=1S/C15H16N2O4/c1-3-20-10-4-6-11(7-5-10)21-14-8-12(15(18)19-2)13(16)9-17-14/h4-9H,3,16H2,1-2H3. The molecule has 2 rings (SSSR count). The first kappa shape index (κ1) is 14.6. The van der Waals surface area contributed by atoms with Gasteiger partial charge in [-0.2, -0.15) is 0 Å². The maximum Gasteiger partial charge on any atom is 0.340 e. The van der Waals surface area contributed by atoms with Crippen molar-refractivity contribution in [2.45, 2.75) is 6.92 Å². The van der Waals surface area contributed by atoms with Crippen LogP contribution in [0.1, 0.15) is 17.3 Å². The molecule has 0 unspecified atom stereocenters. The SMILES string of the molecule is CCOc1ccc(Oc2cc(C(=O)OC)c(N)cn2)cc1. The van der Waals surface area contributed by atoms with Crippen molar-refractivity contribution < 1.29 is 19.0 Å². The molecule has 0 aliphatic heterocycles. The van der Waals surface area contributed by atoms with Crippen molar-refractivity contribution >= 4 is 11.7 Å². The van der Waals surface area contributed by atoms with Crippen molar-refractivity contribution in [2.75, 3.05) is 19.5 Å². The molecular formula is C15H16N2O4. The summed E-state index contributed by atoms with van der Waals surface area (Å²) in [4.78, 5) is 15.6. The van der Waals surface area contributed by atoms with Gasteiger partial charge in [0.05, 0.1) is 31.2 Å². The van der Waals surface area contributed by atoms with E-state index in [1.54, 1.807) is 24.3 Å². The molecular weight excluding hydrogens is 272 g/mol. The van der Waals surface area contributed by atoms with Crippen LogP contribution in [0.3, 0.4) is 0 Å². The number of nitrogens with zero attached hydrogens (tertiary/aromatic N) is 1. The lowest BCUT2D eigenvalue weighted by atomic mass is 10.2. The second-order valence-electron chi connectivity index (χ2n) is 4.11. The van der Waals surface area contributed by atoms with Crippen LogP contribution in [0.5, 0.6) is 17.4 Å². The van der Waals surface area contributed by atoms with Crippen molar-refractivity contribution in [3.8, 4) is 17.4 Å². The predicted molar refractivity (Wildman–Crippen MR) is 77.7 cm³/mol. The molecule has 0 aliphatic rings. The lowest BCUT2D eigenvalue weighted by Crippen LogP contribution is -2.06. The number of carbonyl (C=O) groups is 1. The summed E-state index contributed by atoms with van der Waals surface area (Å²) in [6, 6.07) is 8.52. The van der Waals surface area contributed by atoms with E-state index in [2.05, 4.69) is 9.72 Å². The molecule has 0 atom stereocenters. The minimum absolute atomic E-state index is 0.216. The second-order valence-corrected chi connectivity index (χ2v) is 4.11. The number of carbonyl (C=O) groups excluding carboxylic acids is 1. The third kappa shape index (κ3) is 3.62. The van der Waals surface area contributed by atoms with Crippen LogP contribution in [0.4, 0.5) is 5.69 Å². The molecule has 0 saturated heterocycles. The Labute approximate surface area is 122 Å². The Balaban J connectivity index is 2.17. The summed E-state index contributed by atoms with van der Waals surface area (Å²) in [6.07, 6.45) is 1.36. The van der Waals surface area contributed by atoms with Crippen LogP contribution in [-0.4, -0.2) is 24.7 Å². The summed E-state index contributed by atoms with van der Waals surface area (Å²) >= 11 is 0. The van der Waals surface area contributed by atoms with E-state index in [1.807, 2.05) is 6.92 Å². The summed E-state index contributed by atoms with van der Waals surface area (Å²) in [5.41, 5.74) is 6.13. The minimum atomic E-state index is -0.536. The van der Waals surface area contributed by atoms with Gasteiger partial charge >= 0.3 is 5.97 Å². The van der Waals surface area contributed by atoms with Gasteiger partial charge in [0.1, 0.15) is 11.5 Å². The van der Waals surface area contributed by atoms with Gasteiger partial charge in [-0.25, -0.2) is 9.78 Å². The maximum absolute atomic E-state index is 11.6. The molecule has 2 aromatic rings. The monoisotopic (exact) mass is 288 g/mol. The summed E-state index contributed by atoms with van der Waals surface area (Å²) in [6.45, 7) is 2.51. The van der Waals surface area contributed by atoms with Crippen molar-refractivity contribution in [3.05, 3.63) is 42.1 Å². The highest BCUT2D eigenvalue weighted by atomic mass is 16.5. The fraction of sp³-hybridized carbons (Fsp3) is 0.200. The Morgan fingerprint density at radius 3 is 2.52 bits per heavy atom. The zero-order valence-corrected chi connectivity index (χ0v) is 11.8. The quantitative estimate of drug-likeness (QED) is 0.851. The van der Waals surface area contributed by atoms with Crippen LogP contribution in [0.25, 0.3) is 0 Å². The fourth-order valence-electron chi connectivity index (χ4n) is 1.68. The van der Waals surface area contributed by atoms with Gasteiger partial charge in [0.15, 0.2) is 0 Å². The molecule has 0 bridgehead atoms. The number of nitrogen functional groups attached to an aromatic ring is 1. The molecule has 0 amide bonds. The predicted octanol–water partition coefficient (Wildman–Crippen LogP) is 2.64. The van der Waals surface area contributed by atoms with Gasteiger partial charge in [-0.1, -0.05) is 0 Å². The number of rotatable bonds is 5. The van der Waals surface area contributed by atoms with Crippen molar-refractivity contribution in [1.82, 2.24) is 4.98 Å². The molecule has 21 heavy (non-hydrogen) atoms. The van der Waals surface area contributed by atoms with E-state index >= 15 is 0 Å². The van der Waals surface area contributed by atoms with E-state index in [4.69, 9.17) is 15.2 Å². The average molecular weight is 288 g/mol. The molecule has 1 heterocycles. The van der Waals surface area contributed by atoms with E-state index in [-0.39, 0.29) is 17.1 Å². The molecule has 6 heteroatoms. The number of esters is 1. The second kappa shape index (κ2) is 6.60. The zero-order chi connectivity index (χ0) is 15.2. The number of hydrogen-bond acceptors (Lipinski definition) is 6. The van der Waals surface area contributed by atoms with E-state index in [0.29, 0.717) is 12.4 Å². The molecule has 110 valence electrons. The third-order valence-electron chi connectivity index (χ3n) is 2.67. The molecule has 0 aliphatic carbocycles. The number of methoxy groups -OCH3 is 1. The Hall–Kier alpha value is -2.76. The Morgan fingerprint density at radius 1 is 1.24 bits per heavy atom. The highest BCUT2D eigenvalue weighted by molar-refractivity contribution is 5.95. The lowest BCUT2D eigenvalue weighted by molar-refractivity contribution is 0.0601. The zero-order valence-electron chi connectivity index (χ0n) is 11.8. The molecule has 6 nitrogen and oxygen atoms in total. The first-order valence-corrected chi connectivity index (χ1v) is 6.38. The van der Waals surface area contributed by atoms with Crippen LogP contribution in [0, 0.1) is 0 Å². The summed E-state index contributed by atoms with van der Waals surface area (Å²) in [5, 5.41) is 0. The number of pyridine rings is 1. The average Bonchev–Trinajstić information content (AvgIpc) is 2.50. The fourth-order valence-corrected chi connectivity index (χ4v) is 1.68. The number of ether oxygens (including phenoxy) is 3. The number of aromatic nitrogens is 1. The number of benzene rings is 1. The molecule has 1 aromatic carbocycles. The van der Waals surface area contributed by atoms with Crippen LogP contribution in [0.15, 0.2) is 36.5 Å². The lowest BCUT2D eigenvalue weighted by Gasteiger charge is -2.08. The summed E-state index contributed by atoms with van der Waals surface area (Å²) < 4.78 is 15.6. The van der Waals surface area contributed by atoms with Crippen LogP contribution < -0.4 is 15.2 Å². The number of hydrogen-bond donors (Lipinski definition) is 1. The third-order valence-corrected chi connectivity index (χ3v) is 2.67. The van der Waals surface area contributed by atoms with Crippen LogP contribution in [0.2, 0.25) is 0 Å². The molecule has 0 radical (unpaired) electrons. The highest BCUT2D eigenvalue weighted by Crippen LogP contribution is 2.25. The van der Waals surface area contributed by atoms with Crippen molar-refractivity contribution in [2.24, 2.45) is 0 Å².